The summed E-state index contributed by atoms with van der Waals surface area (Å²) in [5.41, 5.74) is -0.361. The SMILES string of the molecule is C=C(C)C(=O)OCC(Cc1c(O)ccc(C(=O)O)c1O)OC(=O)C(=C)C. The van der Waals surface area contributed by atoms with Gasteiger partial charge in [0.15, 0.2) is 0 Å². The summed E-state index contributed by atoms with van der Waals surface area (Å²) in [6, 6.07) is 2.13. The van der Waals surface area contributed by atoms with Crippen LogP contribution in [-0.2, 0) is 25.5 Å². The molecule has 0 saturated heterocycles. The van der Waals surface area contributed by atoms with Gasteiger partial charge in [0.2, 0.25) is 0 Å². The Morgan fingerprint density at radius 3 is 2.15 bits per heavy atom. The molecule has 0 aliphatic heterocycles. The molecule has 0 bridgehead atoms. The quantitative estimate of drug-likeness (QED) is 0.471. The summed E-state index contributed by atoms with van der Waals surface area (Å²) in [4.78, 5) is 34.4. The van der Waals surface area contributed by atoms with Crippen LogP contribution >= 0.6 is 0 Å². The minimum Gasteiger partial charge on any atom is -0.508 e. The van der Waals surface area contributed by atoms with Crippen molar-refractivity contribution in [2.24, 2.45) is 0 Å². The molecule has 0 fully saturated rings. The molecule has 3 N–H and O–H groups in total. The van der Waals surface area contributed by atoms with Gasteiger partial charge in [0.1, 0.15) is 29.8 Å². The van der Waals surface area contributed by atoms with Gasteiger partial charge in [-0.25, -0.2) is 14.4 Å². The lowest BCUT2D eigenvalue weighted by Crippen LogP contribution is -2.28. The first-order valence-corrected chi connectivity index (χ1v) is 7.50. The van der Waals surface area contributed by atoms with Crippen molar-refractivity contribution < 1.29 is 39.2 Å². The molecule has 1 aromatic rings. The van der Waals surface area contributed by atoms with E-state index in [0.29, 0.717) is 0 Å². The second kappa shape index (κ2) is 8.70. The van der Waals surface area contributed by atoms with Crippen LogP contribution in [0, 0.1) is 0 Å². The summed E-state index contributed by atoms with van der Waals surface area (Å²) < 4.78 is 10.1. The molecule has 26 heavy (non-hydrogen) atoms. The monoisotopic (exact) mass is 364 g/mol. The summed E-state index contributed by atoms with van der Waals surface area (Å²) in [6.45, 7) is 9.33. The second-order valence-corrected chi connectivity index (χ2v) is 5.66. The second-order valence-electron chi connectivity index (χ2n) is 5.66. The molecule has 140 valence electrons. The first kappa shape index (κ1) is 20.8. The van der Waals surface area contributed by atoms with Crippen molar-refractivity contribution >= 4 is 17.9 Å². The van der Waals surface area contributed by atoms with Crippen molar-refractivity contribution in [3.63, 3.8) is 0 Å². The summed E-state index contributed by atoms with van der Waals surface area (Å²) in [7, 11) is 0. The van der Waals surface area contributed by atoms with Gasteiger partial charge in [-0.3, -0.25) is 0 Å². The maximum Gasteiger partial charge on any atom is 0.339 e. The smallest absolute Gasteiger partial charge is 0.339 e. The van der Waals surface area contributed by atoms with Crippen molar-refractivity contribution in [1.29, 1.82) is 0 Å². The number of carbonyl (C=O) groups is 3. The van der Waals surface area contributed by atoms with Crippen LogP contribution in [-0.4, -0.2) is 45.9 Å². The van der Waals surface area contributed by atoms with Crippen molar-refractivity contribution in [3.8, 4) is 11.5 Å². The van der Waals surface area contributed by atoms with Crippen LogP contribution in [0.4, 0.5) is 0 Å². The summed E-state index contributed by atoms with van der Waals surface area (Å²) in [5, 5.41) is 29.1. The molecule has 0 aliphatic carbocycles. The molecule has 0 spiro atoms. The normalized spacial score (nSPS) is 11.3. The molecular formula is C18H20O8. The Labute approximate surface area is 150 Å². The first-order valence-electron chi connectivity index (χ1n) is 7.50. The Morgan fingerprint density at radius 2 is 1.65 bits per heavy atom. The van der Waals surface area contributed by atoms with Crippen LogP contribution in [0.15, 0.2) is 36.4 Å². The summed E-state index contributed by atoms with van der Waals surface area (Å²) in [6.07, 6.45) is -1.38. The molecule has 1 atom stereocenters. The third kappa shape index (κ3) is 5.37. The van der Waals surface area contributed by atoms with Gasteiger partial charge in [0.05, 0.1) is 0 Å². The minimum atomic E-state index is -1.40. The van der Waals surface area contributed by atoms with E-state index in [-0.39, 0.29) is 29.7 Å². The highest BCUT2D eigenvalue weighted by molar-refractivity contribution is 5.92. The van der Waals surface area contributed by atoms with Crippen LogP contribution in [0.2, 0.25) is 0 Å². The van der Waals surface area contributed by atoms with E-state index in [0.717, 1.165) is 12.1 Å². The molecule has 1 aromatic carbocycles. The molecule has 0 aliphatic rings. The molecule has 0 heterocycles. The predicted molar refractivity (Wildman–Crippen MR) is 90.9 cm³/mol. The third-order valence-corrected chi connectivity index (χ3v) is 3.29. The van der Waals surface area contributed by atoms with Crippen LogP contribution < -0.4 is 0 Å². The number of esters is 2. The number of carbonyl (C=O) groups excluding carboxylic acids is 2. The fourth-order valence-electron chi connectivity index (χ4n) is 1.91. The highest BCUT2D eigenvalue weighted by Crippen LogP contribution is 2.32. The maximum atomic E-state index is 11.8. The highest BCUT2D eigenvalue weighted by Gasteiger charge is 2.24. The number of hydrogen-bond acceptors (Lipinski definition) is 7. The fraction of sp³-hybridized carbons (Fsp3) is 0.278. The Bertz CT molecular complexity index is 763. The van der Waals surface area contributed by atoms with Gasteiger partial charge in [-0.05, 0) is 26.0 Å². The standard InChI is InChI=1S/C18H20O8/c1-9(2)17(23)25-8-11(26-18(24)10(3)4)7-13-14(19)6-5-12(15(13)20)16(21)22/h5-6,11,19-20H,1,3,7-8H2,2,4H3,(H,21,22). The molecule has 1 unspecified atom stereocenters. The Hall–Kier alpha value is -3.29. The van der Waals surface area contributed by atoms with E-state index >= 15 is 0 Å². The number of aromatic hydroxyl groups is 2. The minimum absolute atomic E-state index is 0.0916. The zero-order valence-electron chi connectivity index (χ0n) is 14.4. The van der Waals surface area contributed by atoms with E-state index in [2.05, 4.69) is 13.2 Å². The van der Waals surface area contributed by atoms with E-state index < -0.39 is 41.1 Å². The van der Waals surface area contributed by atoms with Gasteiger partial charge in [0.25, 0.3) is 0 Å². The van der Waals surface area contributed by atoms with Crippen molar-refractivity contribution in [1.82, 2.24) is 0 Å². The van der Waals surface area contributed by atoms with Gasteiger partial charge in [-0.15, -0.1) is 0 Å². The predicted octanol–water partition coefficient (Wildman–Crippen LogP) is 1.95. The number of aromatic carboxylic acids is 1. The van der Waals surface area contributed by atoms with E-state index in [4.69, 9.17) is 14.6 Å². The molecule has 0 radical (unpaired) electrons. The zero-order valence-corrected chi connectivity index (χ0v) is 14.4. The summed E-state index contributed by atoms with van der Waals surface area (Å²) >= 11 is 0. The number of carboxylic acid groups (broad SMARTS) is 1. The van der Waals surface area contributed by atoms with Crippen molar-refractivity contribution in [2.45, 2.75) is 26.4 Å². The van der Waals surface area contributed by atoms with Crippen LogP contribution in [0.5, 0.6) is 11.5 Å². The van der Waals surface area contributed by atoms with Crippen molar-refractivity contribution in [2.75, 3.05) is 6.61 Å². The Balaban J connectivity index is 3.11. The largest absolute Gasteiger partial charge is 0.508 e. The Morgan fingerprint density at radius 1 is 1.08 bits per heavy atom. The molecular weight excluding hydrogens is 344 g/mol. The molecule has 0 aromatic heterocycles. The van der Waals surface area contributed by atoms with Gasteiger partial charge >= 0.3 is 17.9 Å². The van der Waals surface area contributed by atoms with E-state index in [1.165, 1.54) is 13.8 Å². The highest BCUT2D eigenvalue weighted by atomic mass is 16.6. The van der Waals surface area contributed by atoms with Crippen molar-refractivity contribution in [3.05, 3.63) is 47.6 Å². The van der Waals surface area contributed by atoms with Crippen LogP contribution in [0.25, 0.3) is 0 Å². The third-order valence-electron chi connectivity index (χ3n) is 3.29. The topological polar surface area (TPSA) is 130 Å². The average Bonchev–Trinajstić information content (AvgIpc) is 2.54. The lowest BCUT2D eigenvalue weighted by Gasteiger charge is -2.19. The number of hydrogen-bond donors (Lipinski definition) is 3. The van der Waals surface area contributed by atoms with E-state index in [1.807, 2.05) is 0 Å². The Kier molecular flexibility index (Phi) is 6.95. The molecule has 0 amide bonds. The first-order chi connectivity index (χ1) is 12.0. The van der Waals surface area contributed by atoms with Crippen LogP contribution in [0.3, 0.4) is 0 Å². The number of carboxylic acids is 1. The molecule has 1 rings (SSSR count). The molecule has 8 heteroatoms. The van der Waals surface area contributed by atoms with E-state index in [9.17, 15) is 24.6 Å². The van der Waals surface area contributed by atoms with E-state index in [1.54, 1.807) is 0 Å². The zero-order chi connectivity index (χ0) is 20.0. The number of phenolic OH excluding ortho intramolecular Hbond substituents is 1. The van der Waals surface area contributed by atoms with Gasteiger partial charge in [-0.1, -0.05) is 13.2 Å². The lowest BCUT2D eigenvalue weighted by atomic mass is 10.0. The maximum absolute atomic E-state index is 11.8. The van der Waals surface area contributed by atoms with Crippen LogP contribution in [0.1, 0.15) is 29.8 Å². The number of rotatable bonds is 8. The number of ether oxygens (including phenoxy) is 2. The van der Waals surface area contributed by atoms with Gasteiger partial charge in [0, 0.05) is 23.1 Å². The number of phenols is 2. The fourth-order valence-corrected chi connectivity index (χ4v) is 1.91. The molecule has 0 saturated carbocycles. The number of benzene rings is 1. The molecule has 8 nitrogen and oxygen atoms in total. The van der Waals surface area contributed by atoms with Gasteiger partial charge in [-0.2, -0.15) is 0 Å². The van der Waals surface area contributed by atoms with Gasteiger partial charge < -0.3 is 24.8 Å². The average molecular weight is 364 g/mol. The lowest BCUT2D eigenvalue weighted by molar-refractivity contribution is -0.153. The summed E-state index contributed by atoms with van der Waals surface area (Å²) in [5.74, 6) is -3.94.